The standard InChI is InChI=1S/C23H20O4/c1-24-17-9-7-16(8-10-17)20-11-18(15-5-3-2-4-6-15)19-12-22-23(26-14-25-22)13-21(19)27-20/h2-10,12-13,18,20H,11,14H2,1H3/t18-,20+/m0/s1. The Kier molecular flexibility index (Phi) is 3.89. The summed E-state index contributed by atoms with van der Waals surface area (Å²) in [6, 6.07) is 22.7. The molecule has 3 aromatic carbocycles. The smallest absolute Gasteiger partial charge is 0.231 e. The highest BCUT2D eigenvalue weighted by molar-refractivity contribution is 5.56. The maximum atomic E-state index is 6.39. The first kappa shape index (κ1) is 16.1. The normalized spacial score (nSPS) is 19.9. The number of fused-ring (bicyclic) bond motifs is 2. The minimum atomic E-state index is -0.0333. The molecule has 0 radical (unpaired) electrons. The summed E-state index contributed by atoms with van der Waals surface area (Å²) < 4.78 is 22.8. The van der Waals surface area contributed by atoms with Crippen molar-refractivity contribution in [2.45, 2.75) is 18.4 Å². The number of hydrogen-bond acceptors (Lipinski definition) is 4. The van der Waals surface area contributed by atoms with Gasteiger partial charge in [-0.3, -0.25) is 0 Å². The Morgan fingerprint density at radius 3 is 2.30 bits per heavy atom. The van der Waals surface area contributed by atoms with Crippen molar-refractivity contribution in [3.63, 3.8) is 0 Å². The van der Waals surface area contributed by atoms with E-state index in [-0.39, 0.29) is 18.8 Å². The highest BCUT2D eigenvalue weighted by atomic mass is 16.7. The van der Waals surface area contributed by atoms with Crippen LogP contribution < -0.4 is 18.9 Å². The summed E-state index contributed by atoms with van der Waals surface area (Å²) >= 11 is 0. The largest absolute Gasteiger partial charge is 0.497 e. The highest BCUT2D eigenvalue weighted by Crippen LogP contribution is 2.49. The number of methoxy groups -OCH3 is 1. The Balaban J connectivity index is 1.57. The highest BCUT2D eigenvalue weighted by Gasteiger charge is 2.33. The topological polar surface area (TPSA) is 36.9 Å². The predicted octanol–water partition coefficient (Wildman–Crippen LogP) is 5.08. The van der Waals surface area contributed by atoms with Crippen LogP contribution in [0.1, 0.15) is 35.1 Å². The quantitative estimate of drug-likeness (QED) is 0.653. The maximum Gasteiger partial charge on any atom is 0.231 e. The second kappa shape index (κ2) is 6.54. The lowest BCUT2D eigenvalue weighted by Gasteiger charge is -2.33. The number of hydrogen-bond donors (Lipinski definition) is 0. The van der Waals surface area contributed by atoms with Crippen molar-refractivity contribution in [2.24, 2.45) is 0 Å². The van der Waals surface area contributed by atoms with Gasteiger partial charge in [-0.1, -0.05) is 42.5 Å². The van der Waals surface area contributed by atoms with Gasteiger partial charge in [0.15, 0.2) is 11.5 Å². The van der Waals surface area contributed by atoms with Crippen LogP contribution in [0, 0.1) is 0 Å². The summed E-state index contributed by atoms with van der Waals surface area (Å²) in [5.74, 6) is 3.48. The molecular weight excluding hydrogens is 340 g/mol. The zero-order valence-corrected chi connectivity index (χ0v) is 15.1. The van der Waals surface area contributed by atoms with E-state index in [4.69, 9.17) is 18.9 Å². The molecule has 136 valence electrons. The molecule has 4 heteroatoms. The Morgan fingerprint density at radius 2 is 1.56 bits per heavy atom. The Hall–Kier alpha value is -3.14. The van der Waals surface area contributed by atoms with Crippen LogP contribution in [0.25, 0.3) is 0 Å². The summed E-state index contributed by atoms with van der Waals surface area (Å²) in [7, 11) is 1.68. The van der Waals surface area contributed by atoms with E-state index in [2.05, 4.69) is 42.5 Å². The lowest BCUT2D eigenvalue weighted by atomic mass is 9.82. The number of ether oxygens (including phenoxy) is 4. The van der Waals surface area contributed by atoms with Crippen molar-refractivity contribution in [3.05, 3.63) is 83.4 Å². The molecule has 0 unspecified atom stereocenters. The fourth-order valence-corrected chi connectivity index (χ4v) is 3.88. The van der Waals surface area contributed by atoms with Gasteiger partial charge in [0, 0.05) is 17.5 Å². The summed E-state index contributed by atoms with van der Waals surface area (Å²) in [5, 5.41) is 0. The van der Waals surface area contributed by atoms with Gasteiger partial charge in [0.05, 0.1) is 7.11 Å². The Labute approximate surface area is 158 Å². The van der Waals surface area contributed by atoms with Crippen molar-refractivity contribution < 1.29 is 18.9 Å². The van der Waals surface area contributed by atoms with Crippen LogP contribution in [0.15, 0.2) is 66.7 Å². The van der Waals surface area contributed by atoms with Crippen molar-refractivity contribution in [1.82, 2.24) is 0 Å². The van der Waals surface area contributed by atoms with E-state index < -0.39 is 0 Å². The van der Waals surface area contributed by atoms with Gasteiger partial charge in [-0.25, -0.2) is 0 Å². The van der Waals surface area contributed by atoms with Crippen LogP contribution in [0.5, 0.6) is 23.0 Å². The number of benzene rings is 3. The Bertz CT molecular complexity index is 950. The van der Waals surface area contributed by atoms with Crippen LogP contribution >= 0.6 is 0 Å². The molecule has 5 rings (SSSR count). The molecule has 0 fully saturated rings. The average molecular weight is 360 g/mol. The molecule has 2 aliphatic heterocycles. The molecule has 0 aliphatic carbocycles. The van der Waals surface area contributed by atoms with Gasteiger partial charge < -0.3 is 18.9 Å². The lowest BCUT2D eigenvalue weighted by molar-refractivity contribution is 0.166. The van der Waals surface area contributed by atoms with E-state index in [9.17, 15) is 0 Å². The third kappa shape index (κ3) is 2.87. The summed E-state index contributed by atoms with van der Waals surface area (Å²) in [6.07, 6.45) is 0.831. The van der Waals surface area contributed by atoms with Gasteiger partial charge in [-0.15, -0.1) is 0 Å². The van der Waals surface area contributed by atoms with Crippen molar-refractivity contribution >= 4 is 0 Å². The molecule has 2 aliphatic rings. The molecular formula is C23H20O4. The van der Waals surface area contributed by atoms with Crippen LogP contribution in [-0.4, -0.2) is 13.9 Å². The SMILES string of the molecule is COc1ccc([C@H]2C[C@@H](c3ccccc3)c3cc4c(cc3O2)OCO4)cc1. The fourth-order valence-electron chi connectivity index (χ4n) is 3.88. The molecule has 0 spiro atoms. The second-order valence-corrected chi connectivity index (χ2v) is 6.82. The minimum Gasteiger partial charge on any atom is -0.497 e. The van der Waals surface area contributed by atoms with E-state index in [1.54, 1.807) is 7.11 Å². The van der Waals surface area contributed by atoms with Crippen LogP contribution in [-0.2, 0) is 0 Å². The molecule has 0 saturated carbocycles. The summed E-state index contributed by atoms with van der Waals surface area (Å²) in [4.78, 5) is 0. The maximum absolute atomic E-state index is 6.39. The van der Waals surface area contributed by atoms with E-state index >= 15 is 0 Å². The first-order chi connectivity index (χ1) is 13.3. The van der Waals surface area contributed by atoms with Crippen molar-refractivity contribution in [2.75, 3.05) is 13.9 Å². The third-order valence-electron chi connectivity index (χ3n) is 5.29. The molecule has 2 heterocycles. The third-order valence-corrected chi connectivity index (χ3v) is 5.29. The Morgan fingerprint density at radius 1 is 0.815 bits per heavy atom. The molecule has 27 heavy (non-hydrogen) atoms. The molecule has 0 amide bonds. The average Bonchev–Trinajstić information content (AvgIpc) is 3.19. The molecule has 0 bridgehead atoms. The zero-order chi connectivity index (χ0) is 18.2. The van der Waals surface area contributed by atoms with Crippen LogP contribution in [0.4, 0.5) is 0 Å². The molecule has 3 aromatic rings. The molecule has 0 aromatic heterocycles. The van der Waals surface area contributed by atoms with Crippen LogP contribution in [0.3, 0.4) is 0 Å². The predicted molar refractivity (Wildman–Crippen MR) is 102 cm³/mol. The van der Waals surface area contributed by atoms with Crippen molar-refractivity contribution in [3.8, 4) is 23.0 Å². The van der Waals surface area contributed by atoms with Gasteiger partial charge in [0.25, 0.3) is 0 Å². The van der Waals surface area contributed by atoms with Gasteiger partial charge >= 0.3 is 0 Å². The molecule has 0 saturated heterocycles. The molecule has 0 N–H and O–H groups in total. The van der Waals surface area contributed by atoms with E-state index in [1.807, 2.05) is 24.3 Å². The minimum absolute atomic E-state index is 0.0333. The van der Waals surface area contributed by atoms with Crippen LogP contribution in [0.2, 0.25) is 0 Å². The van der Waals surface area contributed by atoms with E-state index in [0.717, 1.165) is 40.5 Å². The number of rotatable bonds is 3. The van der Waals surface area contributed by atoms with Gasteiger partial charge in [-0.05, 0) is 35.7 Å². The molecule has 2 atom stereocenters. The summed E-state index contributed by atoms with van der Waals surface area (Å²) in [6.45, 7) is 0.260. The summed E-state index contributed by atoms with van der Waals surface area (Å²) in [5.41, 5.74) is 3.56. The van der Waals surface area contributed by atoms with Gasteiger partial charge in [-0.2, -0.15) is 0 Å². The first-order valence-electron chi connectivity index (χ1n) is 9.11. The lowest BCUT2D eigenvalue weighted by Crippen LogP contribution is -2.20. The van der Waals surface area contributed by atoms with E-state index in [0.29, 0.717) is 0 Å². The van der Waals surface area contributed by atoms with Gasteiger partial charge in [0.1, 0.15) is 17.6 Å². The molecule has 4 nitrogen and oxygen atoms in total. The fraction of sp³-hybridized carbons (Fsp3) is 0.217. The van der Waals surface area contributed by atoms with Crippen molar-refractivity contribution in [1.29, 1.82) is 0 Å². The second-order valence-electron chi connectivity index (χ2n) is 6.82. The first-order valence-corrected chi connectivity index (χ1v) is 9.11. The zero-order valence-electron chi connectivity index (χ0n) is 15.1. The van der Waals surface area contributed by atoms with E-state index in [1.165, 1.54) is 5.56 Å². The monoisotopic (exact) mass is 360 g/mol. The van der Waals surface area contributed by atoms with Gasteiger partial charge in [0.2, 0.25) is 6.79 Å².